The first kappa shape index (κ1) is 17.0. The van der Waals surface area contributed by atoms with Gasteiger partial charge in [0.1, 0.15) is 0 Å². The zero-order valence-corrected chi connectivity index (χ0v) is 17.0. The number of rotatable bonds is 0. The van der Waals surface area contributed by atoms with Crippen LogP contribution in [0.5, 0.6) is 5.75 Å². The van der Waals surface area contributed by atoms with E-state index < -0.39 is 0 Å². The Labute approximate surface area is 184 Å². The fourth-order valence-electron chi connectivity index (χ4n) is 6.05. The van der Waals surface area contributed by atoms with Gasteiger partial charge in [0.05, 0.1) is 0 Å². The summed E-state index contributed by atoms with van der Waals surface area (Å²) in [5, 5.41) is 19.2. The summed E-state index contributed by atoms with van der Waals surface area (Å²) in [5.41, 5.74) is 0.479. The molecule has 2 aliphatic rings. The van der Waals surface area contributed by atoms with Gasteiger partial charge < -0.3 is 0 Å². The van der Waals surface area contributed by atoms with Crippen molar-refractivity contribution in [3.63, 3.8) is 0 Å². The van der Waals surface area contributed by atoms with Gasteiger partial charge in [-0.25, -0.2) is 0 Å². The minimum Gasteiger partial charge on any atom is -0.289 e. The number of hydrogen-bond donors (Lipinski definition) is 0. The highest BCUT2D eigenvalue weighted by atomic mass is 16.3. The Morgan fingerprint density at radius 2 is 0.939 bits per heavy atom. The molecule has 0 spiro atoms. The Balaban J connectivity index is 1.90. The van der Waals surface area contributed by atoms with Crippen LogP contribution in [0.25, 0.3) is 75.8 Å². The molecule has 0 fully saturated rings. The molecular formula is C29H11O4. The number of hydrogen-bond acceptors (Lipinski definition) is 3. The van der Waals surface area contributed by atoms with E-state index >= 15 is 0 Å². The van der Waals surface area contributed by atoms with Gasteiger partial charge in [0, 0.05) is 65.0 Å². The van der Waals surface area contributed by atoms with Crippen LogP contribution in [0.15, 0.2) is 81.1 Å². The van der Waals surface area contributed by atoms with Gasteiger partial charge in [-0.05, 0) is 16.8 Å². The molecule has 0 unspecified atom stereocenters. The summed E-state index contributed by atoms with van der Waals surface area (Å²) in [6, 6.07) is 19.4. The van der Waals surface area contributed by atoms with E-state index in [0.29, 0.717) is 59.4 Å². The summed E-state index contributed by atoms with van der Waals surface area (Å²) in [6.45, 7) is 0. The van der Waals surface area contributed by atoms with Gasteiger partial charge in [-0.3, -0.25) is 19.5 Å². The normalized spacial score (nSPS) is 12.7. The van der Waals surface area contributed by atoms with E-state index in [1.54, 1.807) is 54.6 Å². The molecule has 4 heteroatoms. The van der Waals surface area contributed by atoms with Gasteiger partial charge in [0.25, 0.3) is 0 Å². The monoisotopic (exact) mass is 423 g/mol. The molecule has 0 saturated carbocycles. The van der Waals surface area contributed by atoms with Crippen LogP contribution in [0.4, 0.5) is 0 Å². The number of fused-ring (bicyclic) bond motifs is 4. The molecule has 2 aliphatic carbocycles. The lowest BCUT2D eigenvalue weighted by Crippen LogP contribution is -2.15. The molecule has 0 bridgehead atoms. The fourth-order valence-corrected chi connectivity index (χ4v) is 6.05. The molecule has 8 rings (SSSR count). The predicted molar refractivity (Wildman–Crippen MR) is 132 cm³/mol. The summed E-state index contributed by atoms with van der Waals surface area (Å²) >= 11 is 0. The molecule has 0 heterocycles. The van der Waals surface area contributed by atoms with Gasteiger partial charge in [-0.15, -0.1) is 0 Å². The first-order valence-electron chi connectivity index (χ1n) is 10.7. The molecule has 0 atom stereocenters. The van der Waals surface area contributed by atoms with Crippen molar-refractivity contribution in [1.82, 2.24) is 0 Å². The maximum absolute atomic E-state index is 13.9. The third-order valence-electron chi connectivity index (χ3n) is 7.35. The topological polar surface area (TPSA) is 71.1 Å². The van der Waals surface area contributed by atoms with Crippen LogP contribution >= 0.6 is 0 Å². The second-order valence-electron chi connectivity index (χ2n) is 8.79. The van der Waals surface area contributed by atoms with Crippen LogP contribution in [0.3, 0.4) is 0 Å². The maximum atomic E-state index is 13.9. The van der Waals surface area contributed by atoms with E-state index in [1.807, 2.05) is 12.1 Å². The predicted octanol–water partition coefficient (Wildman–Crippen LogP) is 5.69. The largest absolute Gasteiger partial charge is 0.289 e. The van der Waals surface area contributed by atoms with Gasteiger partial charge in [-0.1, -0.05) is 60.7 Å². The summed E-state index contributed by atoms with van der Waals surface area (Å²) in [7, 11) is 0. The van der Waals surface area contributed by atoms with Crippen molar-refractivity contribution in [2.75, 3.05) is 0 Å². The summed E-state index contributed by atoms with van der Waals surface area (Å²) < 4.78 is 0. The zero-order chi connectivity index (χ0) is 22.2. The lowest BCUT2D eigenvalue weighted by atomic mass is 9.79. The van der Waals surface area contributed by atoms with Gasteiger partial charge >= 0.3 is 0 Å². The molecule has 6 aromatic rings. The van der Waals surface area contributed by atoms with E-state index in [4.69, 9.17) is 0 Å². The second-order valence-corrected chi connectivity index (χ2v) is 8.79. The van der Waals surface area contributed by atoms with Crippen LogP contribution in [0.1, 0.15) is 0 Å². The van der Waals surface area contributed by atoms with Gasteiger partial charge in [0.2, 0.25) is 0 Å². The molecule has 4 nitrogen and oxygen atoms in total. The Kier molecular flexibility index (Phi) is 2.71. The first-order valence-corrected chi connectivity index (χ1v) is 10.7. The quantitative estimate of drug-likeness (QED) is 0.232. The third kappa shape index (κ3) is 1.69. The van der Waals surface area contributed by atoms with Crippen LogP contribution in [-0.2, 0) is 5.11 Å². The van der Waals surface area contributed by atoms with Crippen molar-refractivity contribution in [1.29, 1.82) is 0 Å². The van der Waals surface area contributed by atoms with Crippen LogP contribution < -0.4 is 16.3 Å². The first-order chi connectivity index (χ1) is 16.1. The molecule has 6 aromatic carbocycles. The Hall–Kier alpha value is -4.57. The van der Waals surface area contributed by atoms with E-state index in [-0.39, 0.29) is 27.4 Å². The van der Waals surface area contributed by atoms with Crippen LogP contribution in [0.2, 0.25) is 0 Å². The highest BCUT2D eigenvalue weighted by Gasteiger charge is 2.30. The molecule has 151 valence electrons. The molecule has 0 N–H and O–H groups in total. The molecular weight excluding hydrogens is 412 g/mol. The van der Waals surface area contributed by atoms with Crippen LogP contribution in [0, 0.1) is 0 Å². The van der Waals surface area contributed by atoms with E-state index in [2.05, 4.69) is 0 Å². The van der Waals surface area contributed by atoms with E-state index in [1.165, 1.54) is 0 Å². The lowest BCUT2D eigenvalue weighted by Gasteiger charge is -2.21. The van der Waals surface area contributed by atoms with Crippen molar-refractivity contribution in [3.8, 4) is 16.9 Å². The smallest absolute Gasteiger partial charge is 0.195 e. The summed E-state index contributed by atoms with van der Waals surface area (Å²) in [4.78, 5) is 41.1. The van der Waals surface area contributed by atoms with Gasteiger partial charge in [-0.2, -0.15) is 0 Å². The SMILES string of the molecule is [O]c1c2cccc3c(=O)c4cc5c6ccccc6c(=O)c5c5c4-c(c23)c2c1cccc2c5=O. The summed E-state index contributed by atoms with van der Waals surface area (Å²) in [5.74, 6) is -0.190. The van der Waals surface area contributed by atoms with Crippen molar-refractivity contribution >= 4 is 64.6 Å². The Morgan fingerprint density at radius 1 is 0.394 bits per heavy atom. The number of benzene rings is 7. The lowest BCUT2D eigenvalue weighted by molar-refractivity contribution is 0.365. The highest BCUT2D eigenvalue weighted by Crippen LogP contribution is 2.50. The van der Waals surface area contributed by atoms with E-state index in [9.17, 15) is 19.5 Å². The Morgan fingerprint density at radius 3 is 1.64 bits per heavy atom. The second kappa shape index (κ2) is 5.25. The molecule has 1 radical (unpaired) electrons. The summed E-state index contributed by atoms with van der Waals surface area (Å²) in [6.07, 6.45) is 0. The minimum absolute atomic E-state index is 0.190. The van der Waals surface area contributed by atoms with Crippen molar-refractivity contribution in [2.24, 2.45) is 0 Å². The average Bonchev–Trinajstić information content (AvgIpc) is 3.13. The highest BCUT2D eigenvalue weighted by molar-refractivity contribution is 6.35. The Bertz CT molecular complexity index is 2250. The van der Waals surface area contributed by atoms with Gasteiger partial charge in [0.15, 0.2) is 22.0 Å². The zero-order valence-electron chi connectivity index (χ0n) is 17.0. The molecule has 0 amide bonds. The van der Waals surface area contributed by atoms with Crippen molar-refractivity contribution < 1.29 is 5.11 Å². The maximum Gasteiger partial charge on any atom is 0.195 e. The van der Waals surface area contributed by atoms with Crippen molar-refractivity contribution in [2.45, 2.75) is 0 Å². The molecule has 0 aliphatic heterocycles. The molecule has 33 heavy (non-hydrogen) atoms. The molecule has 0 saturated heterocycles. The average molecular weight is 423 g/mol. The molecule has 0 aromatic heterocycles. The standard InChI is InChI=1S/C29H11O4/c30-26-14-7-3-9-16-20(14)24-21-15(26)8-4-10-17(21)29(33)25-22(24)19(27(16)31)11-18-12-5-1-2-6-13(12)28(32)23(18)25/h1-11H. The van der Waals surface area contributed by atoms with Crippen molar-refractivity contribution in [3.05, 3.63) is 97.4 Å². The third-order valence-corrected chi connectivity index (χ3v) is 7.35. The van der Waals surface area contributed by atoms with Crippen LogP contribution in [-0.4, -0.2) is 0 Å². The fraction of sp³-hybridized carbons (Fsp3) is 0. The van der Waals surface area contributed by atoms with E-state index in [0.717, 1.165) is 10.9 Å². The minimum atomic E-state index is -0.312.